The van der Waals surface area contributed by atoms with Crippen molar-refractivity contribution in [2.24, 2.45) is 0 Å². The van der Waals surface area contributed by atoms with Gasteiger partial charge in [0, 0.05) is 0 Å². The average molecular weight is 148 g/mol. The molecule has 0 radical (unpaired) electrons. The van der Waals surface area contributed by atoms with Gasteiger partial charge in [0.15, 0.2) is 0 Å². The minimum atomic E-state index is -1.12. The van der Waals surface area contributed by atoms with Crippen molar-refractivity contribution in [1.82, 2.24) is 0 Å². The first kappa shape index (κ1) is 9.33. The molecule has 0 saturated heterocycles. The van der Waals surface area contributed by atoms with Crippen LogP contribution >= 0.6 is 12.6 Å². The van der Waals surface area contributed by atoms with Gasteiger partial charge in [-0.05, 0) is 18.5 Å². The molecule has 0 aromatic rings. The SMILES string of the molecule is OB(O)CCCCCS. The molecule has 0 aliphatic carbocycles. The van der Waals surface area contributed by atoms with E-state index in [1.165, 1.54) is 0 Å². The molecule has 0 aromatic carbocycles. The van der Waals surface area contributed by atoms with Crippen LogP contribution in [0, 0.1) is 0 Å². The predicted octanol–water partition coefficient (Wildman–Crippen LogP) is 0.559. The zero-order valence-electron chi connectivity index (χ0n) is 5.45. The maximum atomic E-state index is 8.39. The highest BCUT2D eigenvalue weighted by Crippen LogP contribution is 2.01. The predicted molar refractivity (Wildman–Crippen MR) is 42.7 cm³/mol. The molecule has 0 heterocycles. The highest BCUT2D eigenvalue weighted by atomic mass is 32.1. The van der Waals surface area contributed by atoms with Crippen LogP contribution in [0.15, 0.2) is 0 Å². The molecule has 2 N–H and O–H groups in total. The van der Waals surface area contributed by atoms with Crippen LogP contribution in [0.25, 0.3) is 0 Å². The number of unbranched alkanes of at least 4 members (excludes halogenated alkanes) is 2. The van der Waals surface area contributed by atoms with E-state index in [1.807, 2.05) is 0 Å². The molecule has 0 aliphatic heterocycles. The van der Waals surface area contributed by atoms with E-state index < -0.39 is 7.12 Å². The topological polar surface area (TPSA) is 40.5 Å². The number of thiol groups is 1. The first-order valence-corrected chi connectivity index (χ1v) is 3.87. The second-order valence-corrected chi connectivity index (χ2v) is 2.50. The molecule has 0 spiro atoms. The van der Waals surface area contributed by atoms with Crippen LogP contribution in [0.4, 0.5) is 0 Å². The lowest BCUT2D eigenvalue weighted by atomic mass is 9.83. The second kappa shape index (κ2) is 6.45. The molecule has 4 heteroatoms. The number of hydrogen-bond donors (Lipinski definition) is 3. The van der Waals surface area contributed by atoms with Gasteiger partial charge in [-0.1, -0.05) is 12.8 Å². The molecule has 0 saturated carbocycles. The maximum absolute atomic E-state index is 8.39. The Labute approximate surface area is 61.8 Å². The zero-order chi connectivity index (χ0) is 7.11. The number of hydrogen-bond acceptors (Lipinski definition) is 3. The lowest BCUT2D eigenvalue weighted by Gasteiger charge is -1.96. The molecule has 0 fully saturated rings. The van der Waals surface area contributed by atoms with Gasteiger partial charge in [-0.2, -0.15) is 12.6 Å². The van der Waals surface area contributed by atoms with E-state index in [4.69, 9.17) is 10.0 Å². The molecular formula is C5H13BO2S. The highest BCUT2D eigenvalue weighted by molar-refractivity contribution is 7.80. The Morgan fingerprint density at radius 3 is 2.22 bits per heavy atom. The third kappa shape index (κ3) is 8.33. The van der Waals surface area contributed by atoms with E-state index in [1.54, 1.807) is 0 Å². The zero-order valence-corrected chi connectivity index (χ0v) is 6.35. The summed E-state index contributed by atoms with van der Waals surface area (Å²) in [5, 5.41) is 16.8. The highest BCUT2D eigenvalue weighted by Gasteiger charge is 2.03. The van der Waals surface area contributed by atoms with Gasteiger partial charge in [0.2, 0.25) is 0 Å². The largest absolute Gasteiger partial charge is 0.451 e. The summed E-state index contributed by atoms with van der Waals surface area (Å²) in [4.78, 5) is 0. The fourth-order valence-electron chi connectivity index (χ4n) is 0.615. The van der Waals surface area contributed by atoms with Crippen molar-refractivity contribution in [2.45, 2.75) is 25.6 Å². The summed E-state index contributed by atoms with van der Waals surface area (Å²) in [6, 6.07) is 0. The van der Waals surface area contributed by atoms with Crippen molar-refractivity contribution in [3.63, 3.8) is 0 Å². The normalized spacial score (nSPS) is 9.67. The molecule has 0 bridgehead atoms. The van der Waals surface area contributed by atoms with E-state index in [0.717, 1.165) is 25.0 Å². The van der Waals surface area contributed by atoms with Crippen LogP contribution in [0.3, 0.4) is 0 Å². The molecule has 2 nitrogen and oxygen atoms in total. The number of rotatable bonds is 5. The summed E-state index contributed by atoms with van der Waals surface area (Å²) in [6.45, 7) is 0. The van der Waals surface area contributed by atoms with Crippen LogP contribution in [-0.2, 0) is 0 Å². The van der Waals surface area contributed by atoms with Crippen LogP contribution in [0.5, 0.6) is 0 Å². The first-order chi connectivity index (χ1) is 4.27. The Bertz CT molecular complexity index is 60.9. The Morgan fingerprint density at radius 2 is 1.78 bits per heavy atom. The van der Waals surface area contributed by atoms with Crippen molar-refractivity contribution >= 4 is 19.7 Å². The molecule has 0 amide bonds. The van der Waals surface area contributed by atoms with Crippen LogP contribution < -0.4 is 0 Å². The van der Waals surface area contributed by atoms with E-state index in [0.29, 0.717) is 6.32 Å². The Hall–Kier alpha value is 0.335. The van der Waals surface area contributed by atoms with Gasteiger partial charge >= 0.3 is 7.12 Å². The fourth-order valence-corrected chi connectivity index (χ4v) is 0.839. The van der Waals surface area contributed by atoms with E-state index in [-0.39, 0.29) is 0 Å². The molecule has 0 rings (SSSR count). The smallest absolute Gasteiger partial charge is 0.427 e. The van der Waals surface area contributed by atoms with Gasteiger partial charge in [0.1, 0.15) is 0 Å². The minimum absolute atomic E-state index is 0.494. The van der Waals surface area contributed by atoms with Gasteiger partial charge in [0.25, 0.3) is 0 Å². The van der Waals surface area contributed by atoms with Gasteiger partial charge in [-0.15, -0.1) is 0 Å². The molecule has 0 unspecified atom stereocenters. The van der Waals surface area contributed by atoms with Crippen molar-refractivity contribution in [1.29, 1.82) is 0 Å². The van der Waals surface area contributed by atoms with Crippen LogP contribution in [-0.4, -0.2) is 22.9 Å². The standard InChI is InChI=1S/C5H13BO2S/c7-6(8)4-2-1-3-5-9/h7-9H,1-5H2. The van der Waals surface area contributed by atoms with E-state index in [2.05, 4.69) is 12.6 Å². The van der Waals surface area contributed by atoms with Crippen molar-refractivity contribution in [3.8, 4) is 0 Å². The average Bonchev–Trinajstić information content (AvgIpc) is 1.80. The quantitative estimate of drug-likeness (QED) is 0.303. The summed E-state index contributed by atoms with van der Waals surface area (Å²) < 4.78 is 0. The third-order valence-electron chi connectivity index (χ3n) is 1.12. The Balaban J connectivity index is 2.75. The van der Waals surface area contributed by atoms with Crippen molar-refractivity contribution in [2.75, 3.05) is 5.75 Å². The summed E-state index contributed by atoms with van der Waals surface area (Å²) in [6.07, 6.45) is 3.49. The minimum Gasteiger partial charge on any atom is -0.427 e. The Morgan fingerprint density at radius 1 is 1.11 bits per heavy atom. The van der Waals surface area contributed by atoms with Crippen LogP contribution in [0.1, 0.15) is 19.3 Å². The van der Waals surface area contributed by atoms with Crippen molar-refractivity contribution < 1.29 is 10.0 Å². The lowest BCUT2D eigenvalue weighted by molar-refractivity contribution is 0.402. The van der Waals surface area contributed by atoms with Gasteiger partial charge in [0.05, 0.1) is 0 Å². The lowest BCUT2D eigenvalue weighted by Crippen LogP contribution is -2.09. The van der Waals surface area contributed by atoms with Crippen molar-refractivity contribution in [3.05, 3.63) is 0 Å². The molecule has 9 heavy (non-hydrogen) atoms. The second-order valence-electron chi connectivity index (χ2n) is 2.05. The molecular weight excluding hydrogens is 135 g/mol. The van der Waals surface area contributed by atoms with E-state index >= 15 is 0 Å². The Kier molecular flexibility index (Phi) is 6.70. The van der Waals surface area contributed by atoms with E-state index in [9.17, 15) is 0 Å². The maximum Gasteiger partial charge on any atom is 0.451 e. The summed E-state index contributed by atoms with van der Waals surface area (Å²) in [5.74, 6) is 0.890. The molecule has 0 aliphatic rings. The molecule has 0 aromatic heterocycles. The fraction of sp³-hybridized carbons (Fsp3) is 1.00. The third-order valence-corrected chi connectivity index (χ3v) is 1.44. The van der Waals surface area contributed by atoms with Crippen LogP contribution in [0.2, 0.25) is 6.32 Å². The van der Waals surface area contributed by atoms with Gasteiger partial charge in [-0.25, -0.2) is 0 Å². The monoisotopic (exact) mass is 148 g/mol. The summed E-state index contributed by atoms with van der Waals surface area (Å²) >= 11 is 4.02. The summed E-state index contributed by atoms with van der Waals surface area (Å²) in [5.41, 5.74) is 0. The summed E-state index contributed by atoms with van der Waals surface area (Å²) in [7, 11) is -1.12. The molecule has 54 valence electrons. The van der Waals surface area contributed by atoms with Gasteiger partial charge in [-0.3, -0.25) is 0 Å². The first-order valence-electron chi connectivity index (χ1n) is 3.24. The van der Waals surface area contributed by atoms with Gasteiger partial charge < -0.3 is 10.0 Å². The molecule has 0 atom stereocenters.